The van der Waals surface area contributed by atoms with Crippen LogP contribution < -0.4 is 5.32 Å². The van der Waals surface area contributed by atoms with E-state index in [1.54, 1.807) is 0 Å². The summed E-state index contributed by atoms with van der Waals surface area (Å²) >= 11 is 3.76. The minimum absolute atomic E-state index is 0.127. The Balaban J connectivity index is 2.24. The Bertz CT molecular complexity index is 430. The number of alkyl halides is 1. The molecule has 1 N–H and O–H groups in total. The molecule has 0 saturated carbocycles. The van der Waals surface area contributed by atoms with Crippen LogP contribution >= 0.6 is 15.9 Å². The molecule has 2 nitrogen and oxygen atoms in total. The fourth-order valence-electron chi connectivity index (χ4n) is 2.11. The van der Waals surface area contributed by atoms with Gasteiger partial charge in [-0.2, -0.15) is 0 Å². The molecule has 1 aromatic carbocycles. The minimum Gasteiger partial charge on any atom is -0.326 e. The van der Waals surface area contributed by atoms with E-state index in [0.29, 0.717) is 17.2 Å². The monoisotopic (exact) mass is 295 g/mol. The number of rotatable bonds is 3. The van der Waals surface area contributed by atoms with Crippen molar-refractivity contribution in [2.24, 2.45) is 5.92 Å². The summed E-state index contributed by atoms with van der Waals surface area (Å²) in [6.07, 6.45) is 2.62. The highest BCUT2D eigenvalue weighted by molar-refractivity contribution is 9.09. The fourth-order valence-corrected chi connectivity index (χ4v) is 2.77. The molecule has 1 heterocycles. The van der Waals surface area contributed by atoms with E-state index in [2.05, 4.69) is 47.2 Å². The number of amides is 1. The first kappa shape index (κ1) is 12.6. The molecule has 0 fully saturated rings. The van der Waals surface area contributed by atoms with Gasteiger partial charge >= 0.3 is 0 Å². The molecule has 92 valence electrons. The fraction of sp³-hybridized carbons (Fsp3) is 0.500. The number of carbonyl (C=O) groups excluding carboxylic acids is 1. The summed E-state index contributed by atoms with van der Waals surface area (Å²) in [6.45, 7) is 4.46. The van der Waals surface area contributed by atoms with Crippen LogP contribution in [0.3, 0.4) is 0 Å². The summed E-state index contributed by atoms with van der Waals surface area (Å²) in [6, 6.07) is 6.36. The molecule has 1 aromatic rings. The van der Waals surface area contributed by atoms with Gasteiger partial charge in [-0.1, -0.05) is 48.3 Å². The Morgan fingerprint density at radius 1 is 1.41 bits per heavy atom. The molecule has 2 unspecified atom stereocenters. The summed E-state index contributed by atoms with van der Waals surface area (Å²) in [7, 11) is 0. The lowest BCUT2D eigenvalue weighted by atomic mass is 9.94. The minimum atomic E-state index is 0.127. The maximum Gasteiger partial charge on any atom is 0.224 e. The van der Waals surface area contributed by atoms with E-state index in [0.717, 1.165) is 18.5 Å². The normalized spacial score (nSPS) is 18.2. The van der Waals surface area contributed by atoms with Crippen LogP contribution in [0.1, 0.15) is 42.6 Å². The van der Waals surface area contributed by atoms with Gasteiger partial charge in [0.2, 0.25) is 5.91 Å². The molecule has 3 heteroatoms. The molecule has 2 rings (SSSR count). The third-order valence-corrected chi connectivity index (χ3v) is 4.92. The van der Waals surface area contributed by atoms with Crippen molar-refractivity contribution in [2.75, 3.05) is 5.32 Å². The first-order valence-corrected chi connectivity index (χ1v) is 7.10. The summed E-state index contributed by atoms with van der Waals surface area (Å²) in [5.74, 6) is 0.744. The van der Waals surface area contributed by atoms with Crippen LogP contribution in [0.15, 0.2) is 18.2 Å². The number of hydrogen-bond donors (Lipinski definition) is 1. The third-order valence-electron chi connectivity index (χ3n) is 3.49. The third kappa shape index (κ3) is 2.71. The summed E-state index contributed by atoms with van der Waals surface area (Å²) in [5, 5.41) is 2.91. The average Bonchev–Trinajstić information content (AvgIpc) is 2.36. The predicted molar refractivity (Wildman–Crippen MR) is 74.5 cm³/mol. The van der Waals surface area contributed by atoms with Gasteiger partial charge in [-0.05, 0) is 29.5 Å². The van der Waals surface area contributed by atoms with E-state index in [1.807, 2.05) is 6.07 Å². The zero-order chi connectivity index (χ0) is 12.4. The summed E-state index contributed by atoms with van der Waals surface area (Å²) in [5.41, 5.74) is 3.55. The van der Waals surface area contributed by atoms with Gasteiger partial charge in [0.1, 0.15) is 0 Å². The van der Waals surface area contributed by atoms with E-state index in [9.17, 15) is 4.79 Å². The first-order valence-electron chi connectivity index (χ1n) is 6.18. The quantitative estimate of drug-likeness (QED) is 0.838. The van der Waals surface area contributed by atoms with E-state index >= 15 is 0 Å². The highest BCUT2D eigenvalue weighted by Gasteiger charge is 2.19. The number of benzene rings is 1. The van der Waals surface area contributed by atoms with Crippen molar-refractivity contribution < 1.29 is 4.79 Å². The van der Waals surface area contributed by atoms with Gasteiger partial charge < -0.3 is 5.32 Å². The molecule has 1 aliphatic heterocycles. The Morgan fingerprint density at radius 2 is 2.18 bits per heavy atom. The largest absolute Gasteiger partial charge is 0.326 e. The van der Waals surface area contributed by atoms with Gasteiger partial charge in [-0.15, -0.1) is 0 Å². The number of hydrogen-bond acceptors (Lipinski definition) is 1. The van der Waals surface area contributed by atoms with Crippen LogP contribution in [0.2, 0.25) is 0 Å². The van der Waals surface area contributed by atoms with Gasteiger partial charge in [0.15, 0.2) is 0 Å². The highest BCUT2D eigenvalue weighted by atomic mass is 79.9. The number of aryl methyl sites for hydroxylation is 1. The molecule has 0 aromatic heterocycles. The lowest BCUT2D eigenvalue weighted by Crippen LogP contribution is -2.19. The van der Waals surface area contributed by atoms with Crippen molar-refractivity contribution in [1.29, 1.82) is 0 Å². The van der Waals surface area contributed by atoms with Crippen molar-refractivity contribution >= 4 is 27.5 Å². The van der Waals surface area contributed by atoms with Crippen LogP contribution in [-0.4, -0.2) is 5.91 Å². The lowest BCUT2D eigenvalue weighted by molar-refractivity contribution is -0.116. The maximum absolute atomic E-state index is 11.3. The van der Waals surface area contributed by atoms with E-state index < -0.39 is 0 Å². The van der Waals surface area contributed by atoms with Crippen molar-refractivity contribution in [3.8, 4) is 0 Å². The number of halogens is 1. The molecule has 0 bridgehead atoms. The second-order valence-electron chi connectivity index (χ2n) is 4.75. The van der Waals surface area contributed by atoms with Crippen molar-refractivity contribution in [3.63, 3.8) is 0 Å². The SMILES string of the molecule is CCC(C)C(Br)c1ccc2c(c1)CCC(=O)N2. The van der Waals surface area contributed by atoms with Crippen molar-refractivity contribution in [3.05, 3.63) is 29.3 Å². The van der Waals surface area contributed by atoms with Crippen LogP contribution in [0, 0.1) is 5.92 Å². The van der Waals surface area contributed by atoms with Crippen molar-refractivity contribution in [2.45, 2.75) is 37.9 Å². The molecule has 2 atom stereocenters. The molecule has 0 saturated heterocycles. The second kappa shape index (κ2) is 5.21. The molecule has 0 radical (unpaired) electrons. The molecule has 0 spiro atoms. The Morgan fingerprint density at radius 3 is 2.88 bits per heavy atom. The van der Waals surface area contributed by atoms with Gasteiger partial charge in [-0.3, -0.25) is 4.79 Å². The van der Waals surface area contributed by atoms with Crippen LogP contribution in [0.25, 0.3) is 0 Å². The van der Waals surface area contributed by atoms with E-state index in [4.69, 9.17) is 0 Å². The number of fused-ring (bicyclic) bond motifs is 1. The lowest BCUT2D eigenvalue weighted by Gasteiger charge is -2.21. The van der Waals surface area contributed by atoms with E-state index in [-0.39, 0.29) is 5.91 Å². The smallest absolute Gasteiger partial charge is 0.224 e. The number of carbonyl (C=O) groups is 1. The molecule has 1 amide bonds. The van der Waals surface area contributed by atoms with Crippen LogP contribution in [0.4, 0.5) is 5.69 Å². The second-order valence-corrected chi connectivity index (χ2v) is 5.74. The Labute approximate surface area is 111 Å². The summed E-state index contributed by atoms with van der Waals surface area (Å²) in [4.78, 5) is 11.7. The van der Waals surface area contributed by atoms with E-state index in [1.165, 1.54) is 11.1 Å². The molecule has 1 aliphatic rings. The highest BCUT2D eigenvalue weighted by Crippen LogP contribution is 2.35. The standard InChI is InChI=1S/C14H18BrNO/c1-3-9(2)14(15)11-4-6-12-10(8-11)5-7-13(17)16-12/h4,6,8-9,14H,3,5,7H2,1-2H3,(H,16,17). The van der Waals surface area contributed by atoms with Gasteiger partial charge in [0.25, 0.3) is 0 Å². The zero-order valence-electron chi connectivity index (χ0n) is 10.3. The maximum atomic E-state index is 11.3. The molecule has 0 aliphatic carbocycles. The zero-order valence-corrected chi connectivity index (χ0v) is 11.9. The Hall–Kier alpha value is -0.830. The average molecular weight is 296 g/mol. The van der Waals surface area contributed by atoms with Gasteiger partial charge in [-0.25, -0.2) is 0 Å². The van der Waals surface area contributed by atoms with Gasteiger partial charge in [0, 0.05) is 16.9 Å². The Kier molecular flexibility index (Phi) is 3.87. The topological polar surface area (TPSA) is 29.1 Å². The van der Waals surface area contributed by atoms with Crippen LogP contribution in [-0.2, 0) is 11.2 Å². The molecule has 17 heavy (non-hydrogen) atoms. The first-order chi connectivity index (χ1) is 8.11. The molecular formula is C14H18BrNO. The number of nitrogens with one attached hydrogen (secondary N) is 1. The summed E-state index contributed by atoms with van der Waals surface area (Å²) < 4.78 is 0. The predicted octanol–water partition coefficient (Wildman–Crippen LogP) is 4.05. The molecular weight excluding hydrogens is 278 g/mol. The van der Waals surface area contributed by atoms with Crippen LogP contribution in [0.5, 0.6) is 0 Å². The van der Waals surface area contributed by atoms with Gasteiger partial charge in [0.05, 0.1) is 0 Å². The van der Waals surface area contributed by atoms with Crippen molar-refractivity contribution in [1.82, 2.24) is 0 Å². The number of anilines is 1.